The van der Waals surface area contributed by atoms with E-state index < -0.39 is 0 Å². The molecule has 0 saturated carbocycles. The number of nitrogens with one attached hydrogen (secondary N) is 1. The van der Waals surface area contributed by atoms with Crippen LogP contribution >= 0.6 is 11.3 Å². The predicted octanol–water partition coefficient (Wildman–Crippen LogP) is 2.03. The Morgan fingerprint density at radius 1 is 1.42 bits per heavy atom. The molecule has 2 aromatic rings. The lowest BCUT2D eigenvalue weighted by Gasteiger charge is -2.25. The summed E-state index contributed by atoms with van der Waals surface area (Å²) < 4.78 is 5.34. The maximum Gasteiger partial charge on any atom is 0.230 e. The molecule has 0 bridgehead atoms. The Kier molecular flexibility index (Phi) is 5.54. The molecule has 1 fully saturated rings. The zero-order valence-electron chi connectivity index (χ0n) is 13.2. The van der Waals surface area contributed by atoms with Crippen LogP contribution in [0.2, 0.25) is 0 Å². The van der Waals surface area contributed by atoms with E-state index in [0.29, 0.717) is 11.3 Å². The maximum absolute atomic E-state index is 12.1. The van der Waals surface area contributed by atoms with Crippen molar-refractivity contribution >= 4 is 22.9 Å². The van der Waals surface area contributed by atoms with Crippen LogP contribution in [0.15, 0.2) is 29.6 Å². The van der Waals surface area contributed by atoms with Crippen LogP contribution in [0.3, 0.4) is 0 Å². The van der Waals surface area contributed by atoms with Gasteiger partial charge in [-0.2, -0.15) is 5.26 Å². The Morgan fingerprint density at radius 3 is 3.04 bits per heavy atom. The van der Waals surface area contributed by atoms with Gasteiger partial charge in [0.05, 0.1) is 43.5 Å². The number of amides is 1. The molecule has 0 unspecified atom stereocenters. The molecule has 2 heterocycles. The highest BCUT2D eigenvalue weighted by Gasteiger charge is 2.14. The zero-order valence-corrected chi connectivity index (χ0v) is 14.0. The standard InChI is InChI=1S/C17H18N4O2S/c18-10-13-2-1-3-14(8-13)19-16(22)9-15-12-24-17(20-15)11-21-4-6-23-7-5-21/h1-3,8,12H,4-7,9,11H2,(H,19,22). The van der Waals surface area contributed by atoms with Gasteiger partial charge in [0.1, 0.15) is 5.01 Å². The molecule has 7 heteroatoms. The third-order valence-electron chi connectivity index (χ3n) is 3.68. The van der Waals surface area contributed by atoms with Crippen LogP contribution in [-0.2, 0) is 22.5 Å². The summed E-state index contributed by atoms with van der Waals surface area (Å²) >= 11 is 1.58. The van der Waals surface area contributed by atoms with Crippen molar-refractivity contribution in [3.05, 3.63) is 45.9 Å². The Bertz CT molecular complexity index is 747. The minimum absolute atomic E-state index is 0.131. The lowest BCUT2D eigenvalue weighted by Crippen LogP contribution is -2.35. The molecule has 6 nitrogen and oxygen atoms in total. The van der Waals surface area contributed by atoms with Gasteiger partial charge in [0.2, 0.25) is 5.91 Å². The summed E-state index contributed by atoms with van der Waals surface area (Å²) in [5.74, 6) is -0.131. The topological polar surface area (TPSA) is 78.2 Å². The van der Waals surface area contributed by atoms with Gasteiger partial charge in [0.15, 0.2) is 0 Å². The molecule has 1 aromatic heterocycles. The Balaban J connectivity index is 1.53. The first-order valence-corrected chi connectivity index (χ1v) is 8.64. The fourth-order valence-corrected chi connectivity index (χ4v) is 3.32. The van der Waals surface area contributed by atoms with E-state index >= 15 is 0 Å². The SMILES string of the molecule is N#Cc1cccc(NC(=O)Cc2csc(CN3CCOCC3)n2)c1. The molecular weight excluding hydrogens is 324 g/mol. The van der Waals surface area contributed by atoms with Gasteiger partial charge in [-0.25, -0.2) is 4.98 Å². The molecule has 3 rings (SSSR count). The van der Waals surface area contributed by atoms with E-state index in [9.17, 15) is 4.79 Å². The van der Waals surface area contributed by atoms with E-state index in [4.69, 9.17) is 10.00 Å². The molecule has 24 heavy (non-hydrogen) atoms. The highest BCUT2D eigenvalue weighted by atomic mass is 32.1. The van der Waals surface area contributed by atoms with Crippen molar-refractivity contribution in [1.29, 1.82) is 5.26 Å². The normalized spacial score (nSPS) is 15.0. The summed E-state index contributed by atoms with van der Waals surface area (Å²) in [4.78, 5) is 19.0. The van der Waals surface area contributed by atoms with Crippen LogP contribution in [0.25, 0.3) is 0 Å². The number of nitriles is 1. The Morgan fingerprint density at radius 2 is 2.25 bits per heavy atom. The summed E-state index contributed by atoms with van der Waals surface area (Å²) in [5.41, 5.74) is 1.93. The van der Waals surface area contributed by atoms with Crippen molar-refractivity contribution in [1.82, 2.24) is 9.88 Å². The average Bonchev–Trinajstić information content (AvgIpc) is 3.02. The van der Waals surface area contributed by atoms with Crippen LogP contribution in [0, 0.1) is 11.3 Å². The molecule has 1 aliphatic heterocycles. The number of carbonyl (C=O) groups excluding carboxylic acids is 1. The molecular formula is C17H18N4O2S. The van der Waals surface area contributed by atoms with Crippen molar-refractivity contribution in [3.8, 4) is 6.07 Å². The number of ether oxygens (including phenoxy) is 1. The van der Waals surface area contributed by atoms with Gasteiger partial charge in [0, 0.05) is 24.2 Å². The largest absolute Gasteiger partial charge is 0.379 e. The molecule has 124 valence electrons. The molecule has 1 amide bonds. The van der Waals surface area contributed by atoms with Crippen molar-refractivity contribution in [3.63, 3.8) is 0 Å². The summed E-state index contributed by atoms with van der Waals surface area (Å²) in [6, 6.07) is 8.93. The molecule has 1 aromatic carbocycles. The minimum Gasteiger partial charge on any atom is -0.379 e. The fraction of sp³-hybridized carbons (Fsp3) is 0.353. The van der Waals surface area contributed by atoms with Crippen molar-refractivity contribution in [2.24, 2.45) is 0 Å². The monoisotopic (exact) mass is 342 g/mol. The molecule has 0 aliphatic carbocycles. The average molecular weight is 342 g/mol. The lowest BCUT2D eigenvalue weighted by atomic mass is 10.2. The van der Waals surface area contributed by atoms with E-state index in [0.717, 1.165) is 43.5 Å². The number of nitrogens with zero attached hydrogens (tertiary/aromatic N) is 3. The highest BCUT2D eigenvalue weighted by Crippen LogP contribution is 2.15. The lowest BCUT2D eigenvalue weighted by molar-refractivity contribution is -0.115. The second kappa shape index (κ2) is 8.02. The molecule has 0 atom stereocenters. The van der Waals surface area contributed by atoms with Crippen molar-refractivity contribution < 1.29 is 9.53 Å². The Hall–Kier alpha value is -2.27. The summed E-state index contributed by atoms with van der Waals surface area (Å²) in [6.07, 6.45) is 0.233. The maximum atomic E-state index is 12.1. The molecule has 0 spiro atoms. The van der Waals surface area contributed by atoms with Crippen LogP contribution in [0.1, 0.15) is 16.3 Å². The van der Waals surface area contributed by atoms with E-state index in [1.54, 1.807) is 35.6 Å². The number of hydrogen-bond acceptors (Lipinski definition) is 6. The van der Waals surface area contributed by atoms with Crippen molar-refractivity contribution in [2.75, 3.05) is 31.6 Å². The number of anilines is 1. The number of rotatable bonds is 5. The smallest absolute Gasteiger partial charge is 0.230 e. The summed E-state index contributed by atoms with van der Waals surface area (Å²) in [5, 5.41) is 14.6. The van der Waals surface area contributed by atoms with Crippen molar-refractivity contribution in [2.45, 2.75) is 13.0 Å². The number of hydrogen-bond donors (Lipinski definition) is 1. The Labute approximate surface area is 144 Å². The number of aromatic nitrogens is 1. The van der Waals surface area contributed by atoms with Crippen LogP contribution < -0.4 is 5.32 Å². The van der Waals surface area contributed by atoms with Gasteiger partial charge >= 0.3 is 0 Å². The van der Waals surface area contributed by atoms with Gasteiger partial charge in [0.25, 0.3) is 0 Å². The fourth-order valence-electron chi connectivity index (χ4n) is 2.49. The first-order valence-electron chi connectivity index (χ1n) is 7.76. The number of benzene rings is 1. The number of carbonyl (C=O) groups is 1. The second-order valence-electron chi connectivity index (χ2n) is 5.54. The zero-order chi connectivity index (χ0) is 16.8. The van der Waals surface area contributed by atoms with E-state index in [2.05, 4.69) is 21.3 Å². The van der Waals surface area contributed by atoms with Gasteiger partial charge < -0.3 is 10.1 Å². The van der Waals surface area contributed by atoms with E-state index in [-0.39, 0.29) is 12.3 Å². The molecule has 1 saturated heterocycles. The minimum atomic E-state index is -0.131. The second-order valence-corrected chi connectivity index (χ2v) is 6.48. The first-order chi connectivity index (χ1) is 11.7. The summed E-state index contributed by atoms with van der Waals surface area (Å²) in [7, 11) is 0. The molecule has 1 N–H and O–H groups in total. The third kappa shape index (κ3) is 4.61. The van der Waals surface area contributed by atoms with Gasteiger partial charge in [-0.1, -0.05) is 6.07 Å². The van der Waals surface area contributed by atoms with E-state index in [1.807, 2.05) is 5.38 Å². The summed E-state index contributed by atoms with van der Waals surface area (Å²) in [6.45, 7) is 4.18. The molecule has 1 aliphatic rings. The quantitative estimate of drug-likeness (QED) is 0.899. The first kappa shape index (κ1) is 16.6. The van der Waals surface area contributed by atoms with Crippen LogP contribution in [-0.4, -0.2) is 42.1 Å². The van der Waals surface area contributed by atoms with Crippen LogP contribution in [0.4, 0.5) is 5.69 Å². The van der Waals surface area contributed by atoms with Crippen LogP contribution in [0.5, 0.6) is 0 Å². The predicted molar refractivity (Wildman–Crippen MR) is 91.7 cm³/mol. The number of thiazole rings is 1. The van der Waals surface area contributed by atoms with E-state index in [1.165, 1.54) is 0 Å². The van der Waals surface area contributed by atoms with Gasteiger partial charge in [-0.05, 0) is 18.2 Å². The number of morpholine rings is 1. The van der Waals surface area contributed by atoms with Gasteiger partial charge in [-0.15, -0.1) is 11.3 Å². The molecule has 0 radical (unpaired) electrons. The van der Waals surface area contributed by atoms with Gasteiger partial charge in [-0.3, -0.25) is 9.69 Å². The third-order valence-corrected chi connectivity index (χ3v) is 4.56. The highest BCUT2D eigenvalue weighted by molar-refractivity contribution is 7.09.